The van der Waals surface area contributed by atoms with Crippen LogP contribution >= 0.6 is 0 Å². The van der Waals surface area contributed by atoms with Gasteiger partial charge in [0, 0.05) is 19.3 Å². The van der Waals surface area contributed by atoms with Crippen molar-refractivity contribution < 1.29 is 14.3 Å². The summed E-state index contributed by atoms with van der Waals surface area (Å²) in [6.07, 6.45) is 3.33. The van der Waals surface area contributed by atoms with Crippen molar-refractivity contribution in [1.82, 2.24) is 15.1 Å². The Morgan fingerprint density at radius 3 is 2.92 bits per heavy atom. The molecule has 1 fully saturated rings. The van der Waals surface area contributed by atoms with Gasteiger partial charge in [0.2, 0.25) is 0 Å². The lowest BCUT2D eigenvalue weighted by atomic mass is 9.92. The molecule has 6 nitrogen and oxygen atoms in total. The van der Waals surface area contributed by atoms with Gasteiger partial charge in [0.05, 0.1) is 18.3 Å². The Morgan fingerprint density at radius 2 is 2.24 bits per heavy atom. The zero-order valence-corrected chi connectivity index (χ0v) is 15.0. The fraction of sp³-hybridized carbons (Fsp3) is 0.474. The molecule has 1 amide bonds. The van der Waals surface area contributed by atoms with Crippen LogP contribution in [0.5, 0.6) is 5.75 Å². The van der Waals surface area contributed by atoms with Gasteiger partial charge in [-0.1, -0.05) is 12.1 Å². The molecule has 0 aliphatic carbocycles. The summed E-state index contributed by atoms with van der Waals surface area (Å²) in [5, 5.41) is 6.77. The van der Waals surface area contributed by atoms with Gasteiger partial charge in [-0.3, -0.25) is 9.89 Å². The predicted molar refractivity (Wildman–Crippen MR) is 94.9 cm³/mol. The molecule has 1 N–H and O–H groups in total. The molecule has 0 spiro atoms. The third kappa shape index (κ3) is 3.85. The number of piperidine rings is 1. The fourth-order valence-corrected chi connectivity index (χ4v) is 3.27. The average molecular weight is 343 g/mol. The number of nitrogens with one attached hydrogen (secondary N) is 1. The molecule has 0 radical (unpaired) electrons. The van der Waals surface area contributed by atoms with E-state index in [0.717, 1.165) is 36.4 Å². The number of aryl methyl sites for hydroxylation is 2. The van der Waals surface area contributed by atoms with Gasteiger partial charge in [-0.25, -0.2) is 0 Å². The number of aromatic amines is 1. The molecule has 1 saturated heterocycles. The van der Waals surface area contributed by atoms with E-state index >= 15 is 0 Å². The van der Waals surface area contributed by atoms with E-state index in [9.17, 15) is 4.79 Å². The van der Waals surface area contributed by atoms with Crippen LogP contribution < -0.4 is 4.74 Å². The van der Waals surface area contributed by atoms with E-state index in [2.05, 4.69) is 10.2 Å². The Balaban J connectivity index is 1.70. The van der Waals surface area contributed by atoms with Gasteiger partial charge < -0.3 is 14.4 Å². The van der Waals surface area contributed by atoms with Crippen molar-refractivity contribution in [3.05, 3.63) is 47.3 Å². The number of aromatic nitrogens is 2. The van der Waals surface area contributed by atoms with E-state index < -0.39 is 5.60 Å². The lowest BCUT2D eigenvalue weighted by Crippen LogP contribution is -2.54. The fourth-order valence-electron chi connectivity index (χ4n) is 3.27. The third-order valence-electron chi connectivity index (χ3n) is 4.81. The topological polar surface area (TPSA) is 67.5 Å². The summed E-state index contributed by atoms with van der Waals surface area (Å²) in [5.41, 5.74) is 2.07. The number of carbonyl (C=O) groups is 1. The number of ether oxygens (including phenoxy) is 2. The normalized spacial score (nSPS) is 20.5. The second-order valence-corrected chi connectivity index (χ2v) is 6.73. The van der Waals surface area contributed by atoms with Crippen molar-refractivity contribution in [2.45, 2.75) is 32.3 Å². The highest BCUT2D eigenvalue weighted by Gasteiger charge is 2.39. The molecule has 1 aromatic heterocycles. The zero-order chi connectivity index (χ0) is 17.9. The van der Waals surface area contributed by atoms with Crippen LogP contribution in [0.2, 0.25) is 0 Å². The van der Waals surface area contributed by atoms with E-state index in [1.54, 1.807) is 13.3 Å². The van der Waals surface area contributed by atoms with Crippen molar-refractivity contribution >= 4 is 5.91 Å². The summed E-state index contributed by atoms with van der Waals surface area (Å²) < 4.78 is 11.8. The Bertz CT molecular complexity index is 743. The second-order valence-electron chi connectivity index (χ2n) is 6.73. The van der Waals surface area contributed by atoms with Crippen molar-refractivity contribution in [3.63, 3.8) is 0 Å². The molecule has 1 aliphatic heterocycles. The van der Waals surface area contributed by atoms with Crippen molar-refractivity contribution in [3.8, 4) is 5.75 Å². The summed E-state index contributed by atoms with van der Waals surface area (Å²) >= 11 is 0. The smallest absolute Gasteiger partial charge is 0.257 e. The van der Waals surface area contributed by atoms with Gasteiger partial charge in [-0.2, -0.15) is 5.10 Å². The highest BCUT2D eigenvalue weighted by molar-refractivity contribution is 5.95. The molecule has 2 aromatic rings. The molecule has 3 rings (SSSR count). The maximum atomic E-state index is 12.8. The molecule has 1 atom stereocenters. The quantitative estimate of drug-likeness (QED) is 0.906. The zero-order valence-electron chi connectivity index (χ0n) is 15.0. The molecular formula is C19H25N3O3. The second kappa shape index (κ2) is 7.27. The first-order valence-electron chi connectivity index (χ1n) is 8.57. The largest absolute Gasteiger partial charge is 0.491 e. The third-order valence-corrected chi connectivity index (χ3v) is 4.81. The molecule has 0 unspecified atom stereocenters. The van der Waals surface area contributed by atoms with Gasteiger partial charge in [-0.15, -0.1) is 0 Å². The van der Waals surface area contributed by atoms with Gasteiger partial charge in [-0.05, 0) is 44.4 Å². The van der Waals surface area contributed by atoms with Crippen LogP contribution in [0.3, 0.4) is 0 Å². The van der Waals surface area contributed by atoms with Crippen LogP contribution in [0.25, 0.3) is 0 Å². The summed E-state index contributed by atoms with van der Waals surface area (Å²) in [4.78, 5) is 14.6. The summed E-state index contributed by atoms with van der Waals surface area (Å²) in [7, 11) is 1.69. The van der Waals surface area contributed by atoms with Crippen LogP contribution in [-0.2, 0) is 4.74 Å². The van der Waals surface area contributed by atoms with E-state index in [1.807, 2.05) is 43.0 Å². The first-order valence-corrected chi connectivity index (χ1v) is 8.57. The number of carbonyl (C=O) groups excluding carboxylic acids is 1. The summed E-state index contributed by atoms with van der Waals surface area (Å²) in [6, 6.07) is 7.95. The molecular weight excluding hydrogens is 318 g/mol. The minimum atomic E-state index is -0.491. The van der Waals surface area contributed by atoms with Crippen LogP contribution in [0, 0.1) is 13.8 Å². The first kappa shape index (κ1) is 17.5. The van der Waals surface area contributed by atoms with Crippen LogP contribution in [0.4, 0.5) is 0 Å². The average Bonchev–Trinajstić information content (AvgIpc) is 3.05. The number of rotatable bonds is 5. The predicted octanol–water partition coefficient (Wildman–Crippen LogP) is 2.73. The Morgan fingerprint density at radius 1 is 1.40 bits per heavy atom. The van der Waals surface area contributed by atoms with Gasteiger partial charge in [0.1, 0.15) is 18.0 Å². The molecule has 2 heterocycles. The lowest BCUT2D eigenvalue weighted by Gasteiger charge is -2.41. The summed E-state index contributed by atoms with van der Waals surface area (Å²) in [5.74, 6) is 0.813. The standard InChI is InChI=1S/C19H25N3O3/c1-14-6-4-7-16(10-14)25-13-19(24-3)8-5-9-22(12-19)18(23)17-11-20-21-15(17)2/h4,6-7,10-11H,5,8-9,12-13H2,1-3H3,(H,20,21)/t19-/m1/s1. The molecule has 134 valence electrons. The van der Waals surface area contributed by atoms with Crippen LogP contribution in [0.15, 0.2) is 30.5 Å². The van der Waals surface area contributed by atoms with E-state index in [-0.39, 0.29) is 5.91 Å². The summed E-state index contributed by atoms with van der Waals surface area (Å²) in [6.45, 7) is 5.54. The van der Waals surface area contributed by atoms with E-state index in [0.29, 0.717) is 18.7 Å². The monoisotopic (exact) mass is 343 g/mol. The first-order chi connectivity index (χ1) is 12.0. The Hall–Kier alpha value is -2.34. The molecule has 0 bridgehead atoms. The lowest BCUT2D eigenvalue weighted by molar-refractivity contribution is -0.0825. The van der Waals surface area contributed by atoms with Gasteiger partial charge >= 0.3 is 0 Å². The number of methoxy groups -OCH3 is 1. The number of nitrogens with zero attached hydrogens (tertiary/aromatic N) is 2. The number of hydrogen-bond acceptors (Lipinski definition) is 4. The minimum Gasteiger partial charge on any atom is -0.491 e. The maximum Gasteiger partial charge on any atom is 0.257 e. The highest BCUT2D eigenvalue weighted by Crippen LogP contribution is 2.27. The molecule has 6 heteroatoms. The number of likely N-dealkylation sites (tertiary alicyclic amines) is 1. The highest BCUT2D eigenvalue weighted by atomic mass is 16.5. The van der Waals surface area contributed by atoms with Crippen molar-refractivity contribution in [2.75, 3.05) is 26.8 Å². The van der Waals surface area contributed by atoms with Crippen LogP contribution in [-0.4, -0.2) is 53.4 Å². The minimum absolute atomic E-state index is 0.0112. The van der Waals surface area contributed by atoms with E-state index in [1.165, 1.54) is 0 Å². The van der Waals surface area contributed by atoms with Crippen LogP contribution in [0.1, 0.15) is 34.5 Å². The van der Waals surface area contributed by atoms with Crippen molar-refractivity contribution in [2.24, 2.45) is 0 Å². The Labute approximate surface area is 148 Å². The number of amides is 1. The van der Waals surface area contributed by atoms with Gasteiger partial charge in [0.15, 0.2) is 0 Å². The van der Waals surface area contributed by atoms with Gasteiger partial charge in [0.25, 0.3) is 5.91 Å². The molecule has 25 heavy (non-hydrogen) atoms. The molecule has 0 saturated carbocycles. The SMILES string of the molecule is CO[C@]1(COc2cccc(C)c2)CCCN(C(=O)c2cn[nH]c2C)C1. The number of hydrogen-bond donors (Lipinski definition) is 1. The van der Waals surface area contributed by atoms with E-state index in [4.69, 9.17) is 9.47 Å². The maximum absolute atomic E-state index is 12.8. The number of benzene rings is 1. The number of H-pyrrole nitrogens is 1. The van der Waals surface area contributed by atoms with Crippen molar-refractivity contribution in [1.29, 1.82) is 0 Å². The molecule has 1 aromatic carbocycles. The molecule has 1 aliphatic rings. The Kier molecular flexibility index (Phi) is 5.08.